The van der Waals surface area contributed by atoms with Crippen LogP contribution in [0.1, 0.15) is 51.1 Å². The summed E-state index contributed by atoms with van der Waals surface area (Å²) < 4.78 is 0.756. The number of nitriles is 1. The highest BCUT2D eigenvalue weighted by molar-refractivity contribution is 9.10. The van der Waals surface area contributed by atoms with Crippen LogP contribution in [-0.2, 0) is 0 Å². The molecule has 2 N–H and O–H groups in total. The Kier molecular flexibility index (Phi) is 7.16. The molecule has 0 radical (unpaired) electrons. The van der Waals surface area contributed by atoms with E-state index in [9.17, 15) is 14.9 Å². The van der Waals surface area contributed by atoms with E-state index in [0.29, 0.717) is 28.9 Å². The van der Waals surface area contributed by atoms with E-state index in [1.54, 1.807) is 54.9 Å². The molecule has 0 aliphatic heterocycles. The van der Waals surface area contributed by atoms with Crippen LogP contribution >= 0.6 is 15.9 Å². The molecule has 6 nitrogen and oxygen atoms in total. The number of aryl methyl sites for hydroxylation is 1. The zero-order valence-electron chi connectivity index (χ0n) is 17.1. The van der Waals surface area contributed by atoms with Crippen molar-refractivity contribution in [2.24, 2.45) is 0 Å². The van der Waals surface area contributed by atoms with Gasteiger partial charge in [0.15, 0.2) is 0 Å². The van der Waals surface area contributed by atoms with Gasteiger partial charge in [0.1, 0.15) is 0 Å². The van der Waals surface area contributed by atoms with Gasteiger partial charge in [0, 0.05) is 27.5 Å². The molecule has 1 atom stereocenters. The summed E-state index contributed by atoms with van der Waals surface area (Å²) in [5.41, 5.74) is 3.56. The standard InChI is InChI=1S/C24H21BrN4O2/c1-3-16(12-26)17-5-4-6-18(9-17)23(30)28-20-8-7-15(2)22(11-20)24(31)29-21-10-19(25)13-27-14-21/h4-11,13-14,16H,3H2,1-2H3,(H,28,30)(H,29,31). The minimum absolute atomic E-state index is 0.255. The van der Waals surface area contributed by atoms with Gasteiger partial charge in [0.05, 0.1) is 23.9 Å². The number of nitrogens with one attached hydrogen (secondary N) is 2. The number of carbonyl (C=O) groups is 2. The smallest absolute Gasteiger partial charge is 0.256 e. The number of nitrogens with zero attached hydrogens (tertiary/aromatic N) is 2. The quantitative estimate of drug-likeness (QED) is 0.478. The molecule has 0 fully saturated rings. The van der Waals surface area contributed by atoms with Crippen molar-refractivity contribution in [1.82, 2.24) is 4.98 Å². The van der Waals surface area contributed by atoms with E-state index in [1.165, 1.54) is 0 Å². The number of pyridine rings is 1. The molecule has 0 saturated carbocycles. The van der Waals surface area contributed by atoms with Crippen molar-refractivity contribution in [2.75, 3.05) is 10.6 Å². The number of rotatable bonds is 6. The Morgan fingerprint density at radius 2 is 1.84 bits per heavy atom. The normalized spacial score (nSPS) is 11.3. The van der Waals surface area contributed by atoms with Crippen LogP contribution in [0.15, 0.2) is 65.4 Å². The van der Waals surface area contributed by atoms with Crippen LogP contribution in [-0.4, -0.2) is 16.8 Å². The summed E-state index contributed by atoms with van der Waals surface area (Å²) in [4.78, 5) is 29.5. The summed E-state index contributed by atoms with van der Waals surface area (Å²) in [6.07, 6.45) is 3.86. The van der Waals surface area contributed by atoms with Crippen LogP contribution in [0.5, 0.6) is 0 Å². The maximum Gasteiger partial charge on any atom is 0.256 e. The van der Waals surface area contributed by atoms with Crippen molar-refractivity contribution < 1.29 is 9.59 Å². The van der Waals surface area contributed by atoms with Gasteiger partial charge in [-0.25, -0.2) is 0 Å². The summed E-state index contributed by atoms with van der Waals surface area (Å²) in [6, 6.07) is 16.2. The van der Waals surface area contributed by atoms with Gasteiger partial charge in [-0.15, -0.1) is 0 Å². The highest BCUT2D eigenvalue weighted by Crippen LogP contribution is 2.22. The zero-order chi connectivity index (χ0) is 22.4. The Morgan fingerprint density at radius 1 is 1.06 bits per heavy atom. The molecule has 1 heterocycles. The van der Waals surface area contributed by atoms with E-state index in [1.807, 2.05) is 19.9 Å². The summed E-state index contributed by atoms with van der Waals surface area (Å²) in [6.45, 7) is 3.76. The van der Waals surface area contributed by atoms with Gasteiger partial charge >= 0.3 is 0 Å². The molecule has 7 heteroatoms. The predicted molar refractivity (Wildman–Crippen MR) is 124 cm³/mol. The summed E-state index contributed by atoms with van der Waals surface area (Å²) in [5, 5.41) is 14.9. The lowest BCUT2D eigenvalue weighted by Crippen LogP contribution is -2.16. The average molecular weight is 477 g/mol. The molecule has 1 aromatic heterocycles. The summed E-state index contributed by atoms with van der Waals surface area (Å²) >= 11 is 3.33. The summed E-state index contributed by atoms with van der Waals surface area (Å²) in [5.74, 6) is -0.855. The van der Waals surface area contributed by atoms with Crippen molar-refractivity contribution in [2.45, 2.75) is 26.2 Å². The Hall–Kier alpha value is -3.50. The van der Waals surface area contributed by atoms with Crippen LogP contribution in [0.2, 0.25) is 0 Å². The number of amides is 2. The molecule has 1 unspecified atom stereocenters. The second kappa shape index (κ2) is 10.0. The van der Waals surface area contributed by atoms with Gasteiger partial charge in [-0.2, -0.15) is 5.26 Å². The fourth-order valence-electron chi connectivity index (χ4n) is 3.12. The highest BCUT2D eigenvalue weighted by atomic mass is 79.9. The largest absolute Gasteiger partial charge is 0.322 e. The minimum Gasteiger partial charge on any atom is -0.322 e. The molecule has 0 bridgehead atoms. The van der Waals surface area contributed by atoms with Crippen molar-refractivity contribution in [3.63, 3.8) is 0 Å². The molecular formula is C24H21BrN4O2. The lowest BCUT2D eigenvalue weighted by Gasteiger charge is -2.12. The van der Waals surface area contributed by atoms with Gasteiger partial charge in [0.25, 0.3) is 11.8 Å². The third kappa shape index (κ3) is 5.56. The molecular weight excluding hydrogens is 456 g/mol. The fourth-order valence-corrected chi connectivity index (χ4v) is 3.49. The van der Waals surface area contributed by atoms with Crippen molar-refractivity contribution in [1.29, 1.82) is 5.26 Å². The van der Waals surface area contributed by atoms with Crippen molar-refractivity contribution in [3.05, 3.63) is 87.7 Å². The van der Waals surface area contributed by atoms with E-state index in [4.69, 9.17) is 0 Å². The Bertz CT molecular complexity index is 1170. The second-order valence-corrected chi connectivity index (χ2v) is 7.96. The Labute approximate surface area is 189 Å². The highest BCUT2D eigenvalue weighted by Gasteiger charge is 2.14. The number of hydrogen-bond donors (Lipinski definition) is 2. The first-order valence-corrected chi connectivity index (χ1v) is 10.5. The zero-order valence-corrected chi connectivity index (χ0v) is 18.7. The maximum atomic E-state index is 12.8. The summed E-state index contributed by atoms with van der Waals surface area (Å²) in [7, 11) is 0. The van der Waals surface area contributed by atoms with E-state index >= 15 is 0 Å². The van der Waals surface area contributed by atoms with Crippen molar-refractivity contribution >= 4 is 39.1 Å². The molecule has 0 aliphatic rings. The van der Waals surface area contributed by atoms with E-state index < -0.39 is 0 Å². The van der Waals surface area contributed by atoms with Crippen LogP contribution in [0.25, 0.3) is 0 Å². The van der Waals surface area contributed by atoms with Gasteiger partial charge < -0.3 is 10.6 Å². The topological polar surface area (TPSA) is 94.9 Å². The molecule has 0 aliphatic carbocycles. The average Bonchev–Trinajstić information content (AvgIpc) is 2.76. The molecule has 2 aromatic carbocycles. The van der Waals surface area contributed by atoms with E-state index in [2.05, 4.69) is 37.6 Å². The van der Waals surface area contributed by atoms with Crippen molar-refractivity contribution in [3.8, 4) is 6.07 Å². The molecule has 3 rings (SSSR count). The van der Waals surface area contributed by atoms with Crippen LogP contribution in [0.3, 0.4) is 0 Å². The number of halogens is 1. The fraction of sp³-hybridized carbons (Fsp3) is 0.167. The number of benzene rings is 2. The molecule has 0 spiro atoms. The number of aromatic nitrogens is 1. The van der Waals surface area contributed by atoms with E-state index in [0.717, 1.165) is 15.6 Å². The maximum absolute atomic E-state index is 12.8. The van der Waals surface area contributed by atoms with E-state index in [-0.39, 0.29) is 17.7 Å². The lowest BCUT2D eigenvalue weighted by atomic mass is 9.96. The SMILES string of the molecule is CCC(C#N)c1cccc(C(=O)Nc2ccc(C)c(C(=O)Nc3cncc(Br)c3)c2)c1. The lowest BCUT2D eigenvalue weighted by molar-refractivity contribution is 0.101. The predicted octanol–water partition coefficient (Wildman–Crippen LogP) is 5.67. The number of anilines is 2. The first-order valence-electron chi connectivity index (χ1n) is 9.74. The first kappa shape index (κ1) is 22.2. The Morgan fingerprint density at radius 3 is 2.55 bits per heavy atom. The van der Waals surface area contributed by atoms with Crippen LogP contribution in [0, 0.1) is 18.3 Å². The Balaban J connectivity index is 1.79. The van der Waals surface area contributed by atoms with Crippen LogP contribution < -0.4 is 10.6 Å². The van der Waals surface area contributed by atoms with Crippen LogP contribution in [0.4, 0.5) is 11.4 Å². The molecule has 2 amide bonds. The van der Waals surface area contributed by atoms with Gasteiger partial charge in [-0.1, -0.05) is 25.1 Å². The van der Waals surface area contributed by atoms with Gasteiger partial charge in [-0.05, 0) is 70.7 Å². The molecule has 0 saturated heterocycles. The number of carbonyl (C=O) groups excluding carboxylic acids is 2. The third-order valence-corrected chi connectivity index (χ3v) is 5.25. The molecule has 156 valence electrons. The van der Waals surface area contributed by atoms with Gasteiger partial charge in [-0.3, -0.25) is 14.6 Å². The first-order chi connectivity index (χ1) is 14.9. The monoisotopic (exact) mass is 476 g/mol. The second-order valence-electron chi connectivity index (χ2n) is 7.05. The third-order valence-electron chi connectivity index (χ3n) is 4.82. The van der Waals surface area contributed by atoms with Gasteiger partial charge in [0.2, 0.25) is 0 Å². The molecule has 31 heavy (non-hydrogen) atoms. The minimum atomic E-state index is -0.305. The number of hydrogen-bond acceptors (Lipinski definition) is 4. The molecule has 3 aromatic rings.